The number of hydrogen-bond donors (Lipinski definition) is 0. The molecular weight excluding hydrogens is 440 g/mol. The maximum Gasteiger partial charge on any atom is 0.339 e. The molecule has 3 aromatic rings. The molecule has 0 saturated heterocycles. The van der Waals surface area contributed by atoms with Crippen molar-refractivity contribution < 1.29 is 38.1 Å². The van der Waals surface area contributed by atoms with E-state index in [4.69, 9.17) is 18.9 Å². The highest BCUT2D eigenvalue weighted by molar-refractivity contribution is 6.03. The molecule has 0 aromatic heterocycles. The molecule has 3 rings (SSSR count). The lowest BCUT2D eigenvalue weighted by atomic mass is 10.1. The second-order valence-corrected chi connectivity index (χ2v) is 6.82. The van der Waals surface area contributed by atoms with Gasteiger partial charge in [-0.05, 0) is 36.4 Å². The fourth-order valence-electron chi connectivity index (χ4n) is 2.85. The average Bonchev–Trinajstić information content (AvgIpc) is 2.89. The third-order valence-corrected chi connectivity index (χ3v) is 4.49. The molecule has 0 aliphatic rings. The first-order chi connectivity index (χ1) is 16.6. The van der Waals surface area contributed by atoms with Crippen molar-refractivity contribution in [3.8, 4) is 0 Å². The van der Waals surface area contributed by atoms with Crippen LogP contribution in [-0.2, 0) is 18.9 Å². The van der Waals surface area contributed by atoms with Crippen LogP contribution < -0.4 is 0 Å². The van der Waals surface area contributed by atoms with Crippen LogP contribution in [0.5, 0.6) is 0 Å². The van der Waals surface area contributed by atoms with Gasteiger partial charge < -0.3 is 18.9 Å². The first-order valence-electron chi connectivity index (χ1n) is 10.4. The van der Waals surface area contributed by atoms with Crippen molar-refractivity contribution in [1.29, 1.82) is 0 Å². The van der Waals surface area contributed by atoms with Crippen molar-refractivity contribution >= 4 is 23.9 Å². The average molecular weight is 462 g/mol. The molecule has 0 radical (unpaired) electrons. The largest absolute Gasteiger partial charge is 0.458 e. The van der Waals surface area contributed by atoms with E-state index in [9.17, 15) is 19.2 Å². The normalized spacial score (nSPS) is 10.1. The van der Waals surface area contributed by atoms with Crippen molar-refractivity contribution in [2.75, 3.05) is 26.4 Å². The maximum absolute atomic E-state index is 12.4. The fraction of sp³-hybridized carbons (Fsp3) is 0.154. The van der Waals surface area contributed by atoms with Crippen LogP contribution in [0.15, 0.2) is 84.9 Å². The Balaban J connectivity index is 1.44. The van der Waals surface area contributed by atoms with Gasteiger partial charge in [0.1, 0.15) is 26.4 Å². The smallest absolute Gasteiger partial charge is 0.339 e. The molecule has 0 spiro atoms. The summed E-state index contributed by atoms with van der Waals surface area (Å²) < 4.78 is 20.4. The quantitative estimate of drug-likeness (QED) is 0.255. The minimum absolute atomic E-state index is 0.00293. The number of esters is 4. The number of rotatable bonds is 10. The third kappa shape index (κ3) is 7.03. The molecule has 0 aliphatic carbocycles. The molecule has 0 atom stereocenters. The van der Waals surface area contributed by atoms with E-state index in [1.54, 1.807) is 72.8 Å². The van der Waals surface area contributed by atoms with Gasteiger partial charge in [0.25, 0.3) is 0 Å². The van der Waals surface area contributed by atoms with Gasteiger partial charge in [-0.1, -0.05) is 48.5 Å². The lowest BCUT2D eigenvalue weighted by Crippen LogP contribution is -2.18. The first kappa shape index (κ1) is 24.2. The number of ether oxygens (including phenoxy) is 4. The molecule has 0 aliphatic heterocycles. The van der Waals surface area contributed by atoms with Gasteiger partial charge in [-0.15, -0.1) is 0 Å². The van der Waals surface area contributed by atoms with Gasteiger partial charge in [0.15, 0.2) is 0 Å². The standard InChI is InChI=1S/C26H22O8/c27-23(19-9-3-1-4-10-19)31-15-17-33-25(29)21-13-7-8-14-22(21)26(30)34-18-16-32-24(28)20-11-5-2-6-12-20/h1-14H,15-18H2. The summed E-state index contributed by atoms with van der Waals surface area (Å²) in [6, 6.07) is 22.8. The van der Waals surface area contributed by atoms with Crippen molar-refractivity contribution in [1.82, 2.24) is 0 Å². The van der Waals surface area contributed by atoms with E-state index < -0.39 is 23.9 Å². The molecular formula is C26H22O8. The predicted molar refractivity (Wildman–Crippen MR) is 120 cm³/mol. The Hall–Kier alpha value is -4.46. The monoisotopic (exact) mass is 462 g/mol. The van der Waals surface area contributed by atoms with Crippen LogP contribution in [0.2, 0.25) is 0 Å². The van der Waals surface area contributed by atoms with Gasteiger partial charge in [-0.3, -0.25) is 0 Å². The molecule has 8 heteroatoms. The molecule has 0 saturated carbocycles. The molecule has 3 aromatic carbocycles. The van der Waals surface area contributed by atoms with Crippen LogP contribution in [-0.4, -0.2) is 50.3 Å². The van der Waals surface area contributed by atoms with Crippen molar-refractivity contribution in [2.24, 2.45) is 0 Å². The number of carbonyl (C=O) groups is 4. The molecule has 0 heterocycles. The Morgan fingerprint density at radius 1 is 0.412 bits per heavy atom. The van der Waals surface area contributed by atoms with Gasteiger partial charge in [-0.25, -0.2) is 19.2 Å². The lowest BCUT2D eigenvalue weighted by Gasteiger charge is -2.10. The van der Waals surface area contributed by atoms with E-state index >= 15 is 0 Å². The first-order valence-corrected chi connectivity index (χ1v) is 10.4. The third-order valence-electron chi connectivity index (χ3n) is 4.49. The second-order valence-electron chi connectivity index (χ2n) is 6.82. The Labute approximate surface area is 196 Å². The minimum atomic E-state index is -0.765. The molecule has 0 fully saturated rings. The van der Waals surface area contributed by atoms with Crippen LogP contribution in [0.3, 0.4) is 0 Å². The van der Waals surface area contributed by atoms with E-state index in [2.05, 4.69) is 0 Å². The molecule has 34 heavy (non-hydrogen) atoms. The second kappa shape index (κ2) is 12.5. The molecule has 8 nitrogen and oxygen atoms in total. The van der Waals surface area contributed by atoms with E-state index in [-0.39, 0.29) is 37.6 Å². The van der Waals surface area contributed by atoms with Crippen LogP contribution >= 0.6 is 0 Å². The topological polar surface area (TPSA) is 105 Å². The zero-order valence-electron chi connectivity index (χ0n) is 18.2. The van der Waals surface area contributed by atoms with Gasteiger partial charge >= 0.3 is 23.9 Å². The Morgan fingerprint density at radius 3 is 1.06 bits per heavy atom. The zero-order valence-corrected chi connectivity index (χ0v) is 18.2. The van der Waals surface area contributed by atoms with Crippen molar-refractivity contribution in [2.45, 2.75) is 0 Å². The van der Waals surface area contributed by atoms with Crippen LogP contribution in [0, 0.1) is 0 Å². The predicted octanol–water partition coefficient (Wildman–Crippen LogP) is 3.71. The lowest BCUT2D eigenvalue weighted by molar-refractivity contribution is 0.0244. The highest BCUT2D eigenvalue weighted by Crippen LogP contribution is 2.12. The van der Waals surface area contributed by atoms with Crippen LogP contribution in [0.25, 0.3) is 0 Å². The summed E-state index contributed by atoms with van der Waals surface area (Å²) >= 11 is 0. The van der Waals surface area contributed by atoms with Crippen molar-refractivity contribution in [3.05, 3.63) is 107 Å². The van der Waals surface area contributed by atoms with E-state index in [0.717, 1.165) is 0 Å². The van der Waals surface area contributed by atoms with Gasteiger partial charge in [0.05, 0.1) is 22.3 Å². The zero-order chi connectivity index (χ0) is 24.2. The summed E-state index contributed by atoms with van der Waals surface area (Å²) in [7, 11) is 0. The summed E-state index contributed by atoms with van der Waals surface area (Å²) in [5.74, 6) is -2.60. The summed E-state index contributed by atoms with van der Waals surface area (Å²) in [6.45, 7) is -0.649. The fourth-order valence-corrected chi connectivity index (χ4v) is 2.85. The molecule has 0 N–H and O–H groups in total. The summed E-state index contributed by atoms with van der Waals surface area (Å²) in [5.41, 5.74) is 0.777. The number of benzene rings is 3. The van der Waals surface area contributed by atoms with E-state index in [1.807, 2.05) is 0 Å². The summed E-state index contributed by atoms with van der Waals surface area (Å²) in [6.07, 6.45) is 0. The number of carbonyl (C=O) groups excluding carboxylic acids is 4. The van der Waals surface area contributed by atoms with Crippen molar-refractivity contribution in [3.63, 3.8) is 0 Å². The highest BCUT2D eigenvalue weighted by Gasteiger charge is 2.19. The SMILES string of the molecule is O=C(OCCOC(=O)c1ccccc1C(=O)OCCOC(=O)c1ccccc1)c1ccccc1. The van der Waals surface area contributed by atoms with E-state index in [0.29, 0.717) is 11.1 Å². The Morgan fingerprint density at radius 2 is 0.706 bits per heavy atom. The summed E-state index contributed by atoms with van der Waals surface area (Å²) in [5, 5.41) is 0. The molecule has 174 valence electrons. The van der Waals surface area contributed by atoms with Crippen LogP contribution in [0.4, 0.5) is 0 Å². The van der Waals surface area contributed by atoms with Gasteiger partial charge in [0.2, 0.25) is 0 Å². The van der Waals surface area contributed by atoms with Gasteiger partial charge in [-0.2, -0.15) is 0 Å². The van der Waals surface area contributed by atoms with Crippen LogP contribution in [0.1, 0.15) is 41.4 Å². The Kier molecular flexibility index (Phi) is 8.92. The van der Waals surface area contributed by atoms with Gasteiger partial charge in [0, 0.05) is 0 Å². The number of hydrogen-bond acceptors (Lipinski definition) is 8. The maximum atomic E-state index is 12.4. The minimum Gasteiger partial charge on any atom is -0.458 e. The molecule has 0 bridgehead atoms. The summed E-state index contributed by atoms with van der Waals surface area (Å²) in [4.78, 5) is 48.6. The molecule has 0 unspecified atom stereocenters. The highest BCUT2D eigenvalue weighted by atomic mass is 16.6. The van der Waals surface area contributed by atoms with E-state index in [1.165, 1.54) is 12.1 Å². The Bertz CT molecular complexity index is 1040. The molecule has 0 amide bonds.